The van der Waals surface area contributed by atoms with Crippen molar-refractivity contribution in [3.8, 4) is 0 Å². The molecule has 0 N–H and O–H groups in total. The third kappa shape index (κ3) is 2.26. The summed E-state index contributed by atoms with van der Waals surface area (Å²) in [6.07, 6.45) is 0. The Morgan fingerprint density at radius 1 is 1.20 bits per heavy atom. The fourth-order valence-corrected chi connectivity index (χ4v) is 2.60. The highest BCUT2D eigenvalue weighted by Crippen LogP contribution is 2.27. The summed E-state index contributed by atoms with van der Waals surface area (Å²) in [7, 11) is 1.71. The smallest absolute Gasteiger partial charge is 0.293 e. The number of rotatable bonds is 1. The van der Waals surface area contributed by atoms with Gasteiger partial charge in [-0.2, -0.15) is 0 Å². The van der Waals surface area contributed by atoms with Crippen molar-refractivity contribution < 1.29 is 4.74 Å². The van der Waals surface area contributed by atoms with Gasteiger partial charge in [-0.05, 0) is 12.1 Å². The van der Waals surface area contributed by atoms with Gasteiger partial charge in [0.05, 0.1) is 34.3 Å². The van der Waals surface area contributed by atoms with Gasteiger partial charge in [0.1, 0.15) is 0 Å². The Morgan fingerprint density at radius 3 is 2.55 bits per heavy atom. The van der Waals surface area contributed by atoms with Crippen molar-refractivity contribution in [2.75, 3.05) is 31.2 Å². The van der Waals surface area contributed by atoms with E-state index in [1.807, 2.05) is 4.90 Å². The highest BCUT2D eigenvalue weighted by molar-refractivity contribution is 6.42. The predicted molar refractivity (Wildman–Crippen MR) is 80.0 cm³/mol. The number of aryl methyl sites for hydroxylation is 1. The molecule has 0 atom stereocenters. The number of aromatic nitrogens is 2. The molecule has 1 aromatic heterocycles. The molecule has 20 heavy (non-hydrogen) atoms. The average Bonchev–Trinajstić information content (AvgIpc) is 2.46. The van der Waals surface area contributed by atoms with E-state index in [-0.39, 0.29) is 5.56 Å². The van der Waals surface area contributed by atoms with Crippen LogP contribution < -0.4 is 10.5 Å². The second-order valence-electron chi connectivity index (χ2n) is 4.65. The lowest BCUT2D eigenvalue weighted by Crippen LogP contribution is -2.41. The number of morpholine rings is 1. The topological polar surface area (TPSA) is 47.4 Å². The van der Waals surface area contributed by atoms with Crippen molar-refractivity contribution in [2.24, 2.45) is 7.05 Å². The fraction of sp³-hybridized carbons (Fsp3) is 0.385. The molecule has 3 rings (SSSR count). The molecule has 5 nitrogen and oxygen atoms in total. The van der Waals surface area contributed by atoms with E-state index in [4.69, 9.17) is 27.9 Å². The van der Waals surface area contributed by atoms with Gasteiger partial charge < -0.3 is 14.2 Å². The lowest BCUT2D eigenvalue weighted by Gasteiger charge is -2.27. The van der Waals surface area contributed by atoms with Gasteiger partial charge in [0.2, 0.25) is 0 Å². The second-order valence-corrected chi connectivity index (χ2v) is 5.47. The Hall–Kier alpha value is -1.30. The standard InChI is InChI=1S/C13H13Cl2N3O2/c1-17-11-7-9(15)8(14)6-10(11)16-12(13(17)19)18-2-4-20-5-3-18/h6-7H,2-5H2,1H3. The van der Waals surface area contributed by atoms with E-state index >= 15 is 0 Å². The molecule has 7 heteroatoms. The minimum atomic E-state index is -0.141. The zero-order valence-electron chi connectivity index (χ0n) is 10.9. The third-order valence-electron chi connectivity index (χ3n) is 3.41. The first kappa shape index (κ1) is 13.7. The summed E-state index contributed by atoms with van der Waals surface area (Å²) >= 11 is 12.0. The fourth-order valence-electron chi connectivity index (χ4n) is 2.29. The van der Waals surface area contributed by atoms with Crippen molar-refractivity contribution in [3.63, 3.8) is 0 Å². The lowest BCUT2D eigenvalue weighted by molar-refractivity contribution is 0.122. The van der Waals surface area contributed by atoms with Crippen LogP contribution in [0.5, 0.6) is 0 Å². The molecule has 106 valence electrons. The molecule has 0 spiro atoms. The van der Waals surface area contributed by atoms with Crippen LogP contribution in [0.1, 0.15) is 0 Å². The maximum absolute atomic E-state index is 12.4. The van der Waals surface area contributed by atoms with E-state index in [0.717, 1.165) is 0 Å². The number of nitrogens with zero attached hydrogens (tertiary/aromatic N) is 3. The first-order valence-corrected chi connectivity index (χ1v) is 7.02. The van der Waals surface area contributed by atoms with E-state index in [1.165, 1.54) is 0 Å². The summed E-state index contributed by atoms with van der Waals surface area (Å²) in [4.78, 5) is 18.8. The number of anilines is 1. The van der Waals surface area contributed by atoms with Crippen LogP contribution in [0.15, 0.2) is 16.9 Å². The molecule has 0 saturated carbocycles. The van der Waals surface area contributed by atoms with Gasteiger partial charge in [-0.1, -0.05) is 23.2 Å². The Balaban J connectivity index is 2.21. The molecule has 1 aliphatic heterocycles. The Labute approximate surface area is 125 Å². The van der Waals surface area contributed by atoms with E-state index in [2.05, 4.69) is 4.98 Å². The largest absolute Gasteiger partial charge is 0.378 e. The summed E-state index contributed by atoms with van der Waals surface area (Å²) in [6.45, 7) is 2.53. The SMILES string of the molecule is Cn1c(=O)c(N2CCOCC2)nc2cc(Cl)c(Cl)cc21. The molecule has 0 unspecified atom stereocenters. The molecule has 0 radical (unpaired) electrons. The summed E-state index contributed by atoms with van der Waals surface area (Å²) in [5, 5.41) is 0.841. The van der Waals surface area contributed by atoms with E-state index < -0.39 is 0 Å². The zero-order chi connectivity index (χ0) is 14.3. The summed E-state index contributed by atoms with van der Waals surface area (Å²) in [6, 6.07) is 3.35. The van der Waals surface area contributed by atoms with Crippen LogP contribution >= 0.6 is 23.2 Å². The normalized spacial score (nSPS) is 15.8. The van der Waals surface area contributed by atoms with Crippen molar-refractivity contribution in [1.82, 2.24) is 9.55 Å². The monoisotopic (exact) mass is 313 g/mol. The van der Waals surface area contributed by atoms with Crippen LogP contribution in [0.25, 0.3) is 11.0 Å². The van der Waals surface area contributed by atoms with Crippen molar-refractivity contribution in [2.45, 2.75) is 0 Å². The first-order valence-electron chi connectivity index (χ1n) is 6.26. The van der Waals surface area contributed by atoms with E-state index in [9.17, 15) is 4.79 Å². The van der Waals surface area contributed by atoms with Crippen molar-refractivity contribution in [3.05, 3.63) is 32.5 Å². The van der Waals surface area contributed by atoms with Crippen LogP contribution in [-0.4, -0.2) is 35.9 Å². The van der Waals surface area contributed by atoms with Crippen LogP contribution in [-0.2, 0) is 11.8 Å². The number of hydrogen-bond donors (Lipinski definition) is 0. The molecule has 1 fully saturated rings. The third-order valence-corrected chi connectivity index (χ3v) is 4.13. The average molecular weight is 314 g/mol. The van der Waals surface area contributed by atoms with Crippen LogP contribution in [0.2, 0.25) is 10.0 Å². The molecular weight excluding hydrogens is 301 g/mol. The Morgan fingerprint density at radius 2 is 1.85 bits per heavy atom. The number of fused-ring (bicyclic) bond motifs is 1. The van der Waals surface area contributed by atoms with E-state index in [0.29, 0.717) is 53.2 Å². The van der Waals surface area contributed by atoms with Gasteiger partial charge in [-0.25, -0.2) is 4.98 Å². The molecule has 0 amide bonds. The van der Waals surface area contributed by atoms with Crippen LogP contribution in [0.3, 0.4) is 0 Å². The Kier molecular flexibility index (Phi) is 3.58. The molecule has 0 bridgehead atoms. The summed E-state index contributed by atoms with van der Waals surface area (Å²) < 4.78 is 6.85. The predicted octanol–water partition coefficient (Wildman–Crippen LogP) is 2.08. The van der Waals surface area contributed by atoms with Crippen LogP contribution in [0, 0.1) is 0 Å². The number of hydrogen-bond acceptors (Lipinski definition) is 4. The molecule has 0 aliphatic carbocycles. The second kappa shape index (κ2) is 5.24. The summed E-state index contributed by atoms with van der Waals surface area (Å²) in [5.41, 5.74) is 1.18. The minimum Gasteiger partial charge on any atom is -0.378 e. The first-order chi connectivity index (χ1) is 9.58. The van der Waals surface area contributed by atoms with Gasteiger partial charge in [0.15, 0.2) is 5.82 Å². The summed E-state index contributed by atoms with van der Waals surface area (Å²) in [5.74, 6) is 0.432. The maximum atomic E-state index is 12.4. The number of halogens is 2. The quantitative estimate of drug-likeness (QED) is 0.808. The number of ether oxygens (including phenoxy) is 1. The van der Waals surface area contributed by atoms with Gasteiger partial charge in [0.25, 0.3) is 5.56 Å². The van der Waals surface area contributed by atoms with Crippen molar-refractivity contribution in [1.29, 1.82) is 0 Å². The minimum absolute atomic E-state index is 0.141. The van der Waals surface area contributed by atoms with Gasteiger partial charge >= 0.3 is 0 Å². The maximum Gasteiger partial charge on any atom is 0.293 e. The van der Waals surface area contributed by atoms with E-state index in [1.54, 1.807) is 23.7 Å². The molecule has 1 aromatic carbocycles. The molecular formula is C13H13Cl2N3O2. The number of benzene rings is 1. The lowest BCUT2D eigenvalue weighted by atomic mass is 10.3. The van der Waals surface area contributed by atoms with Gasteiger partial charge in [0, 0.05) is 20.1 Å². The Bertz CT molecular complexity index is 724. The highest BCUT2D eigenvalue weighted by Gasteiger charge is 2.18. The molecule has 1 aliphatic rings. The molecule has 2 heterocycles. The zero-order valence-corrected chi connectivity index (χ0v) is 12.4. The molecule has 1 saturated heterocycles. The molecule has 2 aromatic rings. The van der Waals surface area contributed by atoms with Crippen LogP contribution in [0.4, 0.5) is 5.82 Å². The van der Waals surface area contributed by atoms with Crippen molar-refractivity contribution >= 4 is 40.1 Å². The highest BCUT2D eigenvalue weighted by atomic mass is 35.5. The van der Waals surface area contributed by atoms with Gasteiger partial charge in [-0.3, -0.25) is 4.79 Å². The van der Waals surface area contributed by atoms with Gasteiger partial charge in [-0.15, -0.1) is 0 Å².